The molecule has 0 saturated carbocycles. The second kappa shape index (κ2) is 7.28. The molecular weight excluding hydrogens is 380 g/mol. The molecule has 28 heavy (non-hydrogen) atoms. The Balaban J connectivity index is 1.79. The Morgan fingerprint density at radius 3 is 2.86 bits per heavy atom. The van der Waals surface area contributed by atoms with Gasteiger partial charge in [0.1, 0.15) is 5.76 Å². The van der Waals surface area contributed by atoms with Crippen LogP contribution in [-0.4, -0.2) is 31.6 Å². The van der Waals surface area contributed by atoms with Crippen molar-refractivity contribution < 1.29 is 14.3 Å². The zero-order valence-corrected chi connectivity index (χ0v) is 15.7. The first-order chi connectivity index (χ1) is 13.5. The summed E-state index contributed by atoms with van der Waals surface area (Å²) in [6.07, 6.45) is 1.22. The van der Waals surface area contributed by atoms with Crippen molar-refractivity contribution in [3.8, 4) is 5.13 Å². The lowest BCUT2D eigenvalue weighted by Crippen LogP contribution is -2.20. The maximum absolute atomic E-state index is 13.1. The van der Waals surface area contributed by atoms with E-state index in [-0.39, 0.29) is 29.8 Å². The van der Waals surface area contributed by atoms with Gasteiger partial charge in [-0.15, -0.1) is 0 Å². The van der Waals surface area contributed by atoms with Gasteiger partial charge in [0.2, 0.25) is 5.13 Å². The van der Waals surface area contributed by atoms with Crippen LogP contribution in [0.1, 0.15) is 23.9 Å². The lowest BCUT2D eigenvalue weighted by molar-refractivity contribution is -0.136. The molecule has 0 atom stereocenters. The summed E-state index contributed by atoms with van der Waals surface area (Å²) in [4.78, 5) is 33.2. The number of thiazole rings is 1. The van der Waals surface area contributed by atoms with Crippen LogP contribution in [0.4, 0.5) is 0 Å². The van der Waals surface area contributed by atoms with E-state index in [0.717, 1.165) is 10.2 Å². The zero-order chi connectivity index (χ0) is 19.7. The number of aromatic nitrogens is 3. The molecule has 142 valence electrons. The lowest BCUT2D eigenvalue weighted by Gasteiger charge is -1.99. The predicted molar refractivity (Wildman–Crippen MR) is 106 cm³/mol. The van der Waals surface area contributed by atoms with Gasteiger partial charge in [-0.3, -0.25) is 19.7 Å². The molecule has 3 heterocycles. The van der Waals surface area contributed by atoms with Crippen LogP contribution in [0.5, 0.6) is 0 Å². The average Bonchev–Trinajstić information content (AvgIpc) is 3.37. The quantitative estimate of drug-likeness (QED) is 0.486. The number of hydrogen-bond acceptors (Lipinski definition) is 6. The summed E-state index contributed by atoms with van der Waals surface area (Å²) in [6.45, 7) is 1.94. The first kappa shape index (κ1) is 17.9. The molecule has 1 aromatic carbocycles. The van der Waals surface area contributed by atoms with Gasteiger partial charge in [-0.25, -0.2) is 4.98 Å². The maximum atomic E-state index is 13.1. The van der Waals surface area contributed by atoms with E-state index < -0.39 is 5.97 Å². The third-order valence-corrected chi connectivity index (χ3v) is 5.20. The summed E-state index contributed by atoms with van der Waals surface area (Å²) in [5.41, 5.74) is 1.36. The number of hydrogen-bond donors (Lipinski definition) is 2. The van der Waals surface area contributed by atoms with Crippen molar-refractivity contribution in [1.82, 2.24) is 14.8 Å². The summed E-state index contributed by atoms with van der Waals surface area (Å²) in [5.74, 6) is -0.390. The third kappa shape index (κ3) is 3.39. The van der Waals surface area contributed by atoms with Crippen LogP contribution in [0.2, 0.25) is 0 Å². The predicted octanol–water partition coefficient (Wildman–Crippen LogP) is 3.00. The Morgan fingerprint density at radius 2 is 2.14 bits per heavy atom. The number of aliphatic carboxylic acids is 1. The molecule has 0 aliphatic carbocycles. The summed E-state index contributed by atoms with van der Waals surface area (Å²) in [6, 6.07) is 11.1. The van der Waals surface area contributed by atoms with Gasteiger partial charge in [-0.05, 0) is 31.2 Å². The van der Waals surface area contributed by atoms with E-state index in [2.05, 4.69) is 15.1 Å². The highest BCUT2D eigenvalue weighted by atomic mass is 32.1. The van der Waals surface area contributed by atoms with Gasteiger partial charge in [0.15, 0.2) is 0 Å². The first-order valence-electron chi connectivity index (χ1n) is 8.48. The van der Waals surface area contributed by atoms with Crippen LogP contribution in [0, 0.1) is 0 Å². The molecule has 0 saturated heterocycles. The maximum Gasteiger partial charge on any atom is 0.309 e. The van der Waals surface area contributed by atoms with E-state index in [9.17, 15) is 14.7 Å². The van der Waals surface area contributed by atoms with Crippen LogP contribution in [0.15, 0.2) is 56.9 Å². The van der Waals surface area contributed by atoms with Gasteiger partial charge in [0.05, 0.1) is 40.7 Å². The number of fused-ring (bicyclic) bond motifs is 1. The van der Waals surface area contributed by atoms with Gasteiger partial charge in [-0.1, -0.05) is 23.5 Å². The molecule has 0 aliphatic rings. The molecule has 0 unspecified atom stereocenters. The fourth-order valence-corrected chi connectivity index (χ4v) is 3.83. The smallest absolute Gasteiger partial charge is 0.309 e. The molecule has 0 aliphatic heterocycles. The SMILES string of the molecule is CC(=NCc1ccco1)c1c(CC(=O)O)[nH]n(-c2nc3ccccc3s2)c1=O. The number of benzene rings is 1. The van der Waals surface area contributed by atoms with Gasteiger partial charge >= 0.3 is 5.97 Å². The molecule has 8 nitrogen and oxygen atoms in total. The third-order valence-electron chi connectivity index (χ3n) is 4.18. The van der Waals surface area contributed by atoms with E-state index in [1.165, 1.54) is 16.0 Å². The van der Waals surface area contributed by atoms with E-state index in [4.69, 9.17) is 4.42 Å². The Kier molecular flexibility index (Phi) is 4.66. The molecule has 0 spiro atoms. The number of aliphatic imine (C=N–C) groups is 1. The van der Waals surface area contributed by atoms with E-state index in [0.29, 0.717) is 16.6 Å². The molecule has 9 heteroatoms. The Morgan fingerprint density at radius 1 is 1.32 bits per heavy atom. The Labute approximate surface area is 162 Å². The molecule has 0 amide bonds. The van der Waals surface area contributed by atoms with Crippen molar-refractivity contribution in [2.75, 3.05) is 0 Å². The van der Waals surface area contributed by atoms with Crippen molar-refractivity contribution in [3.63, 3.8) is 0 Å². The van der Waals surface area contributed by atoms with Gasteiger partial charge in [0, 0.05) is 5.71 Å². The summed E-state index contributed by atoms with van der Waals surface area (Å²) < 4.78 is 7.47. The molecule has 0 fully saturated rings. The van der Waals surface area contributed by atoms with Crippen LogP contribution in [0.25, 0.3) is 15.3 Å². The monoisotopic (exact) mass is 396 g/mol. The van der Waals surface area contributed by atoms with Crippen LogP contribution in [0.3, 0.4) is 0 Å². The summed E-state index contributed by atoms with van der Waals surface area (Å²) >= 11 is 1.35. The molecule has 2 N–H and O–H groups in total. The number of H-pyrrole nitrogens is 1. The van der Waals surface area contributed by atoms with E-state index >= 15 is 0 Å². The molecule has 4 rings (SSSR count). The number of rotatable bonds is 6. The molecular formula is C19H16N4O4S. The number of carboxylic acid groups (broad SMARTS) is 1. The topological polar surface area (TPSA) is 113 Å². The molecule has 4 aromatic rings. The molecule has 0 radical (unpaired) electrons. The van der Waals surface area contributed by atoms with Crippen molar-refractivity contribution in [3.05, 3.63) is 70.0 Å². The minimum absolute atomic E-state index is 0.244. The number of aromatic amines is 1. The zero-order valence-electron chi connectivity index (χ0n) is 14.9. The van der Waals surface area contributed by atoms with Gasteiger partial charge in [-0.2, -0.15) is 4.68 Å². The highest BCUT2D eigenvalue weighted by Gasteiger charge is 2.21. The van der Waals surface area contributed by atoms with Crippen molar-refractivity contribution in [1.29, 1.82) is 0 Å². The van der Waals surface area contributed by atoms with Crippen LogP contribution >= 0.6 is 11.3 Å². The van der Waals surface area contributed by atoms with Crippen molar-refractivity contribution in [2.45, 2.75) is 19.9 Å². The highest BCUT2D eigenvalue weighted by molar-refractivity contribution is 7.20. The molecule has 0 bridgehead atoms. The first-order valence-corrected chi connectivity index (χ1v) is 9.30. The number of carboxylic acids is 1. The second-order valence-electron chi connectivity index (χ2n) is 6.12. The average molecular weight is 396 g/mol. The van der Waals surface area contributed by atoms with Gasteiger partial charge < -0.3 is 9.52 Å². The Bertz CT molecular complexity index is 1200. The number of nitrogens with one attached hydrogen (secondary N) is 1. The minimum Gasteiger partial charge on any atom is -0.481 e. The highest BCUT2D eigenvalue weighted by Crippen LogP contribution is 2.24. The van der Waals surface area contributed by atoms with E-state index in [1.807, 2.05) is 24.3 Å². The normalized spacial score (nSPS) is 12.0. The van der Waals surface area contributed by atoms with Crippen LogP contribution < -0.4 is 5.56 Å². The minimum atomic E-state index is -1.04. The standard InChI is InChI=1S/C19H16N4O4S/c1-11(20-10-12-5-4-8-27-12)17-14(9-16(24)25)22-23(18(17)26)19-21-13-6-2-3-7-15(13)28-19/h2-8,22H,9-10H2,1H3,(H,24,25). The fraction of sp³-hybridized carbons (Fsp3) is 0.158. The number of carbonyl (C=O) groups is 1. The number of furan rings is 1. The largest absolute Gasteiger partial charge is 0.481 e. The van der Waals surface area contributed by atoms with E-state index in [1.54, 1.807) is 25.3 Å². The molecule has 3 aromatic heterocycles. The van der Waals surface area contributed by atoms with Gasteiger partial charge in [0.25, 0.3) is 5.56 Å². The fourth-order valence-electron chi connectivity index (χ4n) is 2.90. The van der Waals surface area contributed by atoms with Crippen molar-refractivity contribution >= 4 is 33.2 Å². The lowest BCUT2D eigenvalue weighted by atomic mass is 10.1. The Hall–Kier alpha value is -3.46. The number of para-hydroxylation sites is 1. The summed E-state index contributed by atoms with van der Waals surface area (Å²) in [5, 5.41) is 12.6. The van der Waals surface area contributed by atoms with Crippen molar-refractivity contribution in [2.24, 2.45) is 4.99 Å². The van der Waals surface area contributed by atoms with Crippen LogP contribution in [-0.2, 0) is 17.8 Å². The second-order valence-corrected chi connectivity index (χ2v) is 7.13. The number of nitrogens with zero attached hydrogens (tertiary/aromatic N) is 3. The summed E-state index contributed by atoms with van der Waals surface area (Å²) in [7, 11) is 0.